The van der Waals surface area contributed by atoms with E-state index < -0.39 is 0 Å². The average Bonchev–Trinajstić information content (AvgIpc) is 3.11. The maximum atomic E-state index is 4.82. The van der Waals surface area contributed by atoms with E-state index in [9.17, 15) is 0 Å². The Labute approximate surface area is 128 Å². The van der Waals surface area contributed by atoms with Gasteiger partial charge < -0.3 is 9.88 Å². The summed E-state index contributed by atoms with van der Waals surface area (Å²) >= 11 is 1.69. The first kappa shape index (κ1) is 14.0. The Kier molecular flexibility index (Phi) is 3.88. The second-order valence-electron chi connectivity index (χ2n) is 5.20. The maximum Gasteiger partial charge on any atom is 0.166 e. The predicted molar refractivity (Wildman–Crippen MR) is 87.8 cm³/mol. The molecule has 21 heavy (non-hydrogen) atoms. The summed E-state index contributed by atoms with van der Waals surface area (Å²) in [6, 6.07) is 4.43. The summed E-state index contributed by atoms with van der Waals surface area (Å²) in [6.07, 6.45) is 2.66. The van der Waals surface area contributed by atoms with E-state index in [1.807, 2.05) is 6.07 Å². The number of thiophene rings is 1. The Morgan fingerprint density at radius 1 is 1.33 bits per heavy atom. The molecule has 0 aliphatic heterocycles. The average molecular weight is 301 g/mol. The molecule has 0 aliphatic carbocycles. The minimum atomic E-state index is 0.293. The molecule has 3 aromatic heterocycles. The van der Waals surface area contributed by atoms with Gasteiger partial charge in [-0.25, -0.2) is 15.0 Å². The fourth-order valence-electron chi connectivity index (χ4n) is 2.35. The lowest BCUT2D eigenvalue weighted by atomic mass is 10.3. The lowest BCUT2D eigenvalue weighted by molar-refractivity contribution is 0.620. The summed E-state index contributed by atoms with van der Waals surface area (Å²) in [4.78, 5) is 14.8. The summed E-state index contributed by atoms with van der Waals surface area (Å²) in [5.41, 5.74) is 1.74. The van der Waals surface area contributed by atoms with Gasteiger partial charge in [0.15, 0.2) is 22.8 Å². The van der Waals surface area contributed by atoms with Crippen LogP contribution in [0, 0.1) is 0 Å². The number of rotatable bonds is 5. The molecule has 0 radical (unpaired) electrons. The number of hydrogen-bond donors (Lipinski definition) is 1. The molecule has 0 amide bonds. The molecule has 3 aromatic rings. The first-order chi connectivity index (χ1) is 10.2. The van der Waals surface area contributed by atoms with Crippen molar-refractivity contribution in [2.75, 3.05) is 11.9 Å². The maximum absolute atomic E-state index is 4.82. The molecule has 0 saturated carbocycles. The van der Waals surface area contributed by atoms with Gasteiger partial charge in [-0.05, 0) is 31.7 Å². The topological polar surface area (TPSA) is 55.6 Å². The minimum absolute atomic E-state index is 0.293. The largest absolute Gasteiger partial charge is 0.368 e. The van der Waals surface area contributed by atoms with E-state index >= 15 is 0 Å². The first-order valence-corrected chi connectivity index (χ1v) is 8.11. The molecular weight excluding hydrogens is 282 g/mol. The highest BCUT2D eigenvalue weighted by Gasteiger charge is 2.19. The third kappa shape index (κ3) is 2.51. The van der Waals surface area contributed by atoms with Crippen LogP contribution in [0.15, 0.2) is 23.8 Å². The molecule has 110 valence electrons. The van der Waals surface area contributed by atoms with Gasteiger partial charge in [-0.3, -0.25) is 0 Å². The summed E-state index contributed by atoms with van der Waals surface area (Å²) in [7, 11) is 0. The molecule has 0 atom stereocenters. The summed E-state index contributed by atoms with van der Waals surface area (Å²) < 4.78 is 2.18. The molecule has 0 unspecified atom stereocenters. The highest BCUT2D eigenvalue weighted by Crippen LogP contribution is 2.31. The molecule has 3 rings (SSSR count). The second kappa shape index (κ2) is 5.81. The molecule has 0 aliphatic rings. The monoisotopic (exact) mass is 301 g/mol. The van der Waals surface area contributed by atoms with Crippen molar-refractivity contribution in [1.82, 2.24) is 19.5 Å². The predicted octanol–water partition coefficient (Wildman–Crippen LogP) is 3.96. The number of anilines is 1. The molecule has 6 heteroatoms. The molecule has 0 aromatic carbocycles. The second-order valence-corrected chi connectivity index (χ2v) is 6.15. The molecule has 0 spiro atoms. The first-order valence-electron chi connectivity index (χ1n) is 7.23. The summed E-state index contributed by atoms with van der Waals surface area (Å²) in [5.74, 6) is 1.79. The van der Waals surface area contributed by atoms with Crippen molar-refractivity contribution in [2.45, 2.75) is 33.2 Å². The van der Waals surface area contributed by atoms with E-state index in [0.29, 0.717) is 6.04 Å². The molecular formula is C15H19N5S. The number of hydrogen-bond acceptors (Lipinski definition) is 5. The van der Waals surface area contributed by atoms with Gasteiger partial charge in [0, 0.05) is 12.6 Å². The van der Waals surface area contributed by atoms with Crippen LogP contribution in [0.25, 0.3) is 21.9 Å². The number of nitrogens with zero attached hydrogens (tertiary/aromatic N) is 4. The van der Waals surface area contributed by atoms with Crippen LogP contribution in [-0.2, 0) is 0 Å². The van der Waals surface area contributed by atoms with E-state index in [4.69, 9.17) is 4.98 Å². The summed E-state index contributed by atoms with van der Waals surface area (Å²) in [6.45, 7) is 7.32. The van der Waals surface area contributed by atoms with Gasteiger partial charge in [0.05, 0.1) is 4.88 Å². The number of nitrogens with one attached hydrogen (secondary N) is 1. The van der Waals surface area contributed by atoms with Crippen LogP contribution in [0.3, 0.4) is 0 Å². The van der Waals surface area contributed by atoms with E-state index in [1.54, 1.807) is 17.7 Å². The van der Waals surface area contributed by atoms with Gasteiger partial charge in [0.2, 0.25) is 0 Å². The van der Waals surface area contributed by atoms with Crippen LogP contribution < -0.4 is 5.32 Å². The van der Waals surface area contributed by atoms with Crippen molar-refractivity contribution >= 4 is 28.3 Å². The van der Waals surface area contributed by atoms with Crippen molar-refractivity contribution < 1.29 is 0 Å². The third-order valence-electron chi connectivity index (χ3n) is 3.28. The fourth-order valence-corrected chi connectivity index (χ4v) is 3.06. The normalized spacial score (nSPS) is 11.4. The van der Waals surface area contributed by atoms with Crippen LogP contribution in [-0.4, -0.2) is 26.1 Å². The van der Waals surface area contributed by atoms with Gasteiger partial charge in [-0.15, -0.1) is 11.3 Å². The minimum Gasteiger partial charge on any atom is -0.368 e. The standard InChI is InChI=1S/C15H19N5S/c1-4-7-16-13-12-15(18-9-17-13)20(10(2)3)14(19-12)11-6-5-8-21-11/h5-6,8-10H,4,7H2,1-3H3,(H,16,17,18). The lowest BCUT2D eigenvalue weighted by Gasteiger charge is -2.11. The van der Waals surface area contributed by atoms with E-state index in [1.165, 1.54) is 0 Å². The van der Waals surface area contributed by atoms with Gasteiger partial charge in [-0.2, -0.15) is 0 Å². The van der Waals surface area contributed by atoms with E-state index in [2.05, 4.69) is 52.1 Å². The SMILES string of the molecule is CCCNc1ncnc2c1nc(-c1cccs1)n2C(C)C. The van der Waals surface area contributed by atoms with Crippen LogP contribution in [0.5, 0.6) is 0 Å². The van der Waals surface area contributed by atoms with Crippen molar-refractivity contribution in [3.63, 3.8) is 0 Å². The molecule has 0 fully saturated rings. The third-order valence-corrected chi connectivity index (χ3v) is 4.14. The fraction of sp³-hybridized carbons (Fsp3) is 0.400. The number of fused-ring (bicyclic) bond motifs is 1. The zero-order valence-electron chi connectivity index (χ0n) is 12.5. The molecule has 1 N–H and O–H groups in total. The van der Waals surface area contributed by atoms with Crippen LogP contribution in [0.2, 0.25) is 0 Å². The van der Waals surface area contributed by atoms with Crippen LogP contribution >= 0.6 is 11.3 Å². The Hall–Kier alpha value is -1.95. The van der Waals surface area contributed by atoms with Gasteiger partial charge >= 0.3 is 0 Å². The highest BCUT2D eigenvalue weighted by molar-refractivity contribution is 7.13. The van der Waals surface area contributed by atoms with Crippen LogP contribution in [0.1, 0.15) is 33.2 Å². The highest BCUT2D eigenvalue weighted by atomic mass is 32.1. The van der Waals surface area contributed by atoms with Crippen molar-refractivity contribution in [3.05, 3.63) is 23.8 Å². The molecule has 5 nitrogen and oxygen atoms in total. The Morgan fingerprint density at radius 3 is 2.86 bits per heavy atom. The number of aromatic nitrogens is 4. The summed E-state index contributed by atoms with van der Waals surface area (Å²) in [5, 5.41) is 5.41. The molecule has 0 bridgehead atoms. The smallest absolute Gasteiger partial charge is 0.166 e. The van der Waals surface area contributed by atoms with Crippen LogP contribution in [0.4, 0.5) is 5.82 Å². The van der Waals surface area contributed by atoms with E-state index in [0.717, 1.165) is 40.6 Å². The van der Waals surface area contributed by atoms with Gasteiger partial charge in [-0.1, -0.05) is 13.0 Å². The van der Waals surface area contributed by atoms with E-state index in [-0.39, 0.29) is 0 Å². The van der Waals surface area contributed by atoms with Gasteiger partial charge in [0.25, 0.3) is 0 Å². The molecule has 0 saturated heterocycles. The van der Waals surface area contributed by atoms with Crippen molar-refractivity contribution in [2.24, 2.45) is 0 Å². The lowest BCUT2D eigenvalue weighted by Crippen LogP contribution is -2.05. The Bertz CT molecular complexity index is 730. The number of imidazole rings is 1. The van der Waals surface area contributed by atoms with Crippen molar-refractivity contribution in [1.29, 1.82) is 0 Å². The zero-order chi connectivity index (χ0) is 14.8. The Balaban J connectivity index is 2.21. The quantitative estimate of drug-likeness (QED) is 0.775. The molecule has 3 heterocycles. The zero-order valence-corrected chi connectivity index (χ0v) is 13.3. The van der Waals surface area contributed by atoms with Gasteiger partial charge in [0.1, 0.15) is 6.33 Å². The van der Waals surface area contributed by atoms with Crippen molar-refractivity contribution in [3.8, 4) is 10.7 Å². The Morgan fingerprint density at radius 2 is 2.19 bits per heavy atom.